The van der Waals surface area contributed by atoms with Gasteiger partial charge in [-0.1, -0.05) is 18.2 Å². The van der Waals surface area contributed by atoms with Crippen molar-refractivity contribution in [2.45, 2.75) is 6.92 Å². The first-order valence-electron chi connectivity index (χ1n) is 5.15. The second kappa shape index (κ2) is 4.18. The van der Waals surface area contributed by atoms with Gasteiger partial charge >= 0.3 is 0 Å². The van der Waals surface area contributed by atoms with Crippen molar-refractivity contribution in [1.29, 1.82) is 0 Å². The van der Waals surface area contributed by atoms with Gasteiger partial charge in [0.2, 0.25) is 0 Å². The average molecular weight is 215 g/mol. The summed E-state index contributed by atoms with van der Waals surface area (Å²) in [6, 6.07) is 7.50. The molecule has 0 atom stereocenters. The molecule has 16 heavy (non-hydrogen) atoms. The summed E-state index contributed by atoms with van der Waals surface area (Å²) in [7, 11) is 0. The Balaban J connectivity index is 2.56. The fraction of sp³-hybridized carbons (Fsp3) is 0.167. The lowest BCUT2D eigenvalue weighted by atomic mass is 10.1. The van der Waals surface area contributed by atoms with Gasteiger partial charge in [-0.15, -0.1) is 0 Å². The zero-order chi connectivity index (χ0) is 11.5. The maximum Gasteiger partial charge on any atom is 0.254 e. The second-order valence-electron chi connectivity index (χ2n) is 3.46. The van der Waals surface area contributed by atoms with Crippen molar-refractivity contribution in [2.24, 2.45) is 0 Å². The number of carbonyl (C=O) groups excluding carboxylic acids is 1. The van der Waals surface area contributed by atoms with Crippen LogP contribution >= 0.6 is 0 Å². The predicted molar refractivity (Wildman–Crippen MR) is 64.2 cm³/mol. The number of nitrogens with two attached hydrogens (primary N) is 1. The Kier molecular flexibility index (Phi) is 2.72. The molecule has 0 aliphatic rings. The Morgan fingerprint density at radius 1 is 1.44 bits per heavy atom. The molecule has 0 saturated carbocycles. The van der Waals surface area contributed by atoms with Crippen molar-refractivity contribution in [3.05, 3.63) is 36.0 Å². The van der Waals surface area contributed by atoms with Crippen LogP contribution in [0.1, 0.15) is 17.3 Å². The molecule has 0 bridgehead atoms. The van der Waals surface area contributed by atoms with Crippen molar-refractivity contribution in [2.75, 3.05) is 12.3 Å². The lowest BCUT2D eigenvalue weighted by molar-refractivity contribution is 0.0956. The molecule has 82 valence electrons. The summed E-state index contributed by atoms with van der Waals surface area (Å²) in [6.07, 6.45) is 1.52. The first kappa shape index (κ1) is 10.4. The number of rotatable bonds is 2. The number of anilines is 1. The number of carbonyl (C=O) groups is 1. The van der Waals surface area contributed by atoms with E-state index in [2.05, 4.69) is 10.3 Å². The molecular weight excluding hydrogens is 202 g/mol. The van der Waals surface area contributed by atoms with E-state index in [1.807, 2.05) is 31.2 Å². The zero-order valence-electron chi connectivity index (χ0n) is 9.03. The number of nitrogen functional groups attached to an aromatic ring is 1. The highest BCUT2D eigenvalue weighted by Gasteiger charge is 2.11. The van der Waals surface area contributed by atoms with Gasteiger partial charge in [0, 0.05) is 18.1 Å². The van der Waals surface area contributed by atoms with E-state index in [1.54, 1.807) is 0 Å². The molecule has 1 heterocycles. The maximum absolute atomic E-state index is 11.7. The van der Waals surface area contributed by atoms with Crippen LogP contribution in [0.4, 0.5) is 5.69 Å². The Bertz CT molecular complexity index is 537. The summed E-state index contributed by atoms with van der Waals surface area (Å²) < 4.78 is 0. The third-order valence-corrected chi connectivity index (χ3v) is 2.40. The average Bonchev–Trinajstić information content (AvgIpc) is 2.30. The first-order chi connectivity index (χ1) is 7.74. The molecule has 0 fully saturated rings. The van der Waals surface area contributed by atoms with Crippen LogP contribution in [0.3, 0.4) is 0 Å². The number of hydrogen-bond acceptors (Lipinski definition) is 3. The first-order valence-corrected chi connectivity index (χ1v) is 5.15. The third kappa shape index (κ3) is 1.69. The van der Waals surface area contributed by atoms with Gasteiger partial charge in [-0.3, -0.25) is 9.78 Å². The molecule has 0 spiro atoms. The molecule has 0 aliphatic carbocycles. The molecule has 4 heteroatoms. The Hall–Kier alpha value is -2.10. The molecule has 1 aromatic carbocycles. The third-order valence-electron chi connectivity index (χ3n) is 2.40. The second-order valence-corrected chi connectivity index (χ2v) is 3.46. The molecule has 2 aromatic rings. The van der Waals surface area contributed by atoms with Crippen molar-refractivity contribution in [3.63, 3.8) is 0 Å². The number of hydrogen-bond donors (Lipinski definition) is 2. The van der Waals surface area contributed by atoms with E-state index in [0.717, 1.165) is 10.9 Å². The minimum atomic E-state index is -0.182. The van der Waals surface area contributed by atoms with E-state index in [9.17, 15) is 4.79 Å². The summed E-state index contributed by atoms with van der Waals surface area (Å²) in [5.41, 5.74) is 7.66. The van der Waals surface area contributed by atoms with Crippen molar-refractivity contribution >= 4 is 22.5 Å². The maximum atomic E-state index is 11.7. The molecule has 4 nitrogen and oxygen atoms in total. The highest BCUT2D eigenvalue weighted by Crippen LogP contribution is 2.22. The number of fused-ring (bicyclic) bond motifs is 1. The monoisotopic (exact) mass is 215 g/mol. The van der Waals surface area contributed by atoms with E-state index in [0.29, 0.717) is 17.8 Å². The molecule has 1 amide bonds. The molecule has 0 radical (unpaired) electrons. The van der Waals surface area contributed by atoms with Crippen molar-refractivity contribution in [3.8, 4) is 0 Å². The van der Waals surface area contributed by atoms with Crippen LogP contribution in [0.15, 0.2) is 30.5 Å². The van der Waals surface area contributed by atoms with Gasteiger partial charge in [-0.05, 0) is 13.0 Å². The molecule has 0 unspecified atom stereocenters. The Morgan fingerprint density at radius 2 is 2.19 bits per heavy atom. The van der Waals surface area contributed by atoms with Gasteiger partial charge in [-0.2, -0.15) is 0 Å². The quantitative estimate of drug-likeness (QED) is 0.799. The van der Waals surface area contributed by atoms with E-state index in [-0.39, 0.29) is 5.91 Å². The van der Waals surface area contributed by atoms with Gasteiger partial charge in [0.1, 0.15) is 0 Å². The minimum absolute atomic E-state index is 0.182. The number of nitrogens with zero attached hydrogens (tertiary/aromatic N) is 1. The van der Waals surface area contributed by atoms with Crippen LogP contribution in [0.25, 0.3) is 10.9 Å². The lowest BCUT2D eigenvalue weighted by Crippen LogP contribution is -2.24. The number of pyridine rings is 1. The van der Waals surface area contributed by atoms with Crippen LogP contribution in [0.5, 0.6) is 0 Å². The number of amides is 1. The number of benzene rings is 1. The zero-order valence-corrected chi connectivity index (χ0v) is 9.03. The van der Waals surface area contributed by atoms with Gasteiger partial charge in [0.15, 0.2) is 0 Å². The lowest BCUT2D eigenvalue weighted by Gasteiger charge is -2.07. The molecule has 0 saturated heterocycles. The normalized spacial score (nSPS) is 10.3. The highest BCUT2D eigenvalue weighted by atomic mass is 16.1. The van der Waals surface area contributed by atoms with Crippen LogP contribution in [0, 0.1) is 0 Å². The molecule has 0 aliphatic heterocycles. The standard InChI is InChI=1S/C12H13N3O/c1-2-14-12(16)9-7-15-10-6-4-3-5-8(10)11(9)13/h3-7H,2H2,1H3,(H2,13,15)(H,14,16). The molecule has 2 rings (SSSR count). The number of nitrogens with one attached hydrogen (secondary N) is 1. The van der Waals surface area contributed by atoms with E-state index < -0.39 is 0 Å². The van der Waals surface area contributed by atoms with Gasteiger partial charge in [0.05, 0.1) is 16.8 Å². The fourth-order valence-corrected chi connectivity index (χ4v) is 1.60. The predicted octanol–water partition coefficient (Wildman–Crippen LogP) is 1.57. The van der Waals surface area contributed by atoms with Crippen LogP contribution in [0.2, 0.25) is 0 Å². The fourth-order valence-electron chi connectivity index (χ4n) is 1.60. The van der Waals surface area contributed by atoms with Crippen molar-refractivity contribution in [1.82, 2.24) is 10.3 Å². The van der Waals surface area contributed by atoms with Gasteiger partial charge in [0.25, 0.3) is 5.91 Å². The van der Waals surface area contributed by atoms with Crippen LogP contribution in [-0.2, 0) is 0 Å². The summed E-state index contributed by atoms with van der Waals surface area (Å²) in [6.45, 7) is 2.44. The summed E-state index contributed by atoms with van der Waals surface area (Å²) in [5, 5.41) is 3.52. The van der Waals surface area contributed by atoms with E-state index in [4.69, 9.17) is 5.73 Å². The SMILES string of the molecule is CCNC(=O)c1cnc2ccccc2c1N. The van der Waals surface area contributed by atoms with E-state index >= 15 is 0 Å². The van der Waals surface area contributed by atoms with E-state index in [1.165, 1.54) is 6.20 Å². The summed E-state index contributed by atoms with van der Waals surface area (Å²) in [5.74, 6) is -0.182. The molecule has 1 aromatic heterocycles. The summed E-state index contributed by atoms with van der Waals surface area (Å²) >= 11 is 0. The largest absolute Gasteiger partial charge is 0.397 e. The molecule has 3 N–H and O–H groups in total. The number of para-hydroxylation sites is 1. The molecular formula is C12H13N3O. The topological polar surface area (TPSA) is 68.0 Å². The number of aromatic nitrogens is 1. The van der Waals surface area contributed by atoms with Crippen LogP contribution in [-0.4, -0.2) is 17.4 Å². The smallest absolute Gasteiger partial charge is 0.254 e. The van der Waals surface area contributed by atoms with Crippen molar-refractivity contribution < 1.29 is 4.79 Å². The minimum Gasteiger partial charge on any atom is -0.397 e. The Morgan fingerprint density at radius 3 is 2.94 bits per heavy atom. The highest BCUT2D eigenvalue weighted by molar-refractivity contribution is 6.06. The van der Waals surface area contributed by atoms with Gasteiger partial charge in [-0.25, -0.2) is 0 Å². The van der Waals surface area contributed by atoms with Crippen LogP contribution < -0.4 is 11.1 Å². The Labute approximate surface area is 93.5 Å². The van der Waals surface area contributed by atoms with Gasteiger partial charge < -0.3 is 11.1 Å². The summed E-state index contributed by atoms with van der Waals surface area (Å²) in [4.78, 5) is 15.9.